The topological polar surface area (TPSA) is 107 Å². The maximum atomic E-state index is 10.9. The molecule has 0 saturated carbocycles. The van der Waals surface area contributed by atoms with Gasteiger partial charge in [0.15, 0.2) is 5.58 Å². The van der Waals surface area contributed by atoms with Crippen LogP contribution in [0.1, 0.15) is 18.1 Å². The van der Waals surface area contributed by atoms with E-state index in [1.54, 1.807) is 12.1 Å². The van der Waals surface area contributed by atoms with Crippen molar-refractivity contribution in [2.45, 2.75) is 18.6 Å². The number of aromatic nitrogens is 1. The summed E-state index contributed by atoms with van der Waals surface area (Å²) >= 11 is 0. The van der Waals surface area contributed by atoms with Crippen LogP contribution in [0.25, 0.3) is 11.1 Å². The van der Waals surface area contributed by atoms with Crippen LogP contribution in [-0.2, 0) is 0 Å². The van der Waals surface area contributed by atoms with E-state index in [9.17, 15) is 15.0 Å². The van der Waals surface area contributed by atoms with Gasteiger partial charge >= 0.3 is 5.76 Å². The molecule has 4 N–H and O–H groups in total. The lowest BCUT2D eigenvalue weighted by Gasteiger charge is -2.16. The van der Waals surface area contributed by atoms with E-state index in [0.717, 1.165) is 0 Å². The van der Waals surface area contributed by atoms with Crippen LogP contribution in [0.4, 0.5) is 0 Å². The van der Waals surface area contributed by atoms with E-state index in [0.29, 0.717) is 16.7 Å². The summed E-state index contributed by atoms with van der Waals surface area (Å²) in [7, 11) is 0. The third-order valence-electron chi connectivity index (χ3n) is 2.58. The van der Waals surface area contributed by atoms with Crippen molar-refractivity contribution in [3.63, 3.8) is 0 Å². The average molecular weight is 239 g/mol. The molecule has 0 aliphatic carbocycles. The molecule has 0 spiro atoms. The second-order valence-corrected chi connectivity index (χ2v) is 3.79. The van der Waals surface area contributed by atoms with Gasteiger partial charge in [-0.2, -0.15) is 0 Å². The second-order valence-electron chi connectivity index (χ2n) is 3.79. The van der Waals surface area contributed by atoms with E-state index >= 15 is 0 Å². The summed E-state index contributed by atoms with van der Waals surface area (Å²) in [5, 5.41) is 28.0. The maximum absolute atomic E-state index is 10.9. The highest BCUT2D eigenvalue weighted by Crippen LogP contribution is 2.22. The van der Waals surface area contributed by atoms with Crippen LogP contribution in [-0.4, -0.2) is 33.0 Å². The Hall–Kier alpha value is -1.63. The highest BCUT2D eigenvalue weighted by Gasteiger charge is 2.18. The number of fused-ring (bicyclic) bond motifs is 1. The zero-order valence-corrected chi connectivity index (χ0v) is 8.96. The minimum absolute atomic E-state index is 0.0797. The lowest BCUT2D eigenvalue weighted by atomic mass is 10.0. The first kappa shape index (κ1) is 11.8. The van der Waals surface area contributed by atoms with Crippen molar-refractivity contribution in [1.82, 2.24) is 4.98 Å². The van der Waals surface area contributed by atoms with Crippen LogP contribution >= 0.6 is 0 Å². The third kappa shape index (κ3) is 2.38. The molecule has 0 fully saturated rings. The second kappa shape index (κ2) is 4.70. The molecule has 92 valence electrons. The Balaban J connectivity index is 2.32. The molecule has 0 aliphatic heterocycles. The van der Waals surface area contributed by atoms with Gasteiger partial charge in [0, 0.05) is 6.61 Å². The highest BCUT2D eigenvalue weighted by atomic mass is 16.4. The summed E-state index contributed by atoms with van der Waals surface area (Å²) in [6.45, 7) is -0.209. The number of hydrogen-bond donors (Lipinski definition) is 4. The molecule has 2 unspecified atom stereocenters. The summed E-state index contributed by atoms with van der Waals surface area (Å²) in [5.74, 6) is -0.567. The predicted molar refractivity (Wildman–Crippen MR) is 59.5 cm³/mol. The number of aliphatic hydroxyl groups is 3. The minimum Gasteiger partial charge on any atom is -0.408 e. The van der Waals surface area contributed by atoms with Gasteiger partial charge < -0.3 is 19.7 Å². The maximum Gasteiger partial charge on any atom is 0.417 e. The van der Waals surface area contributed by atoms with Crippen molar-refractivity contribution in [3.8, 4) is 0 Å². The number of benzene rings is 1. The summed E-state index contributed by atoms with van der Waals surface area (Å²) in [5.41, 5.74) is 1.28. The van der Waals surface area contributed by atoms with Gasteiger partial charge in [-0.1, -0.05) is 6.07 Å². The van der Waals surface area contributed by atoms with Crippen LogP contribution < -0.4 is 5.76 Å². The first-order valence-electron chi connectivity index (χ1n) is 5.21. The highest BCUT2D eigenvalue weighted by molar-refractivity contribution is 5.72. The van der Waals surface area contributed by atoms with Crippen molar-refractivity contribution in [1.29, 1.82) is 0 Å². The van der Waals surface area contributed by atoms with E-state index < -0.39 is 18.0 Å². The van der Waals surface area contributed by atoms with Crippen molar-refractivity contribution in [3.05, 3.63) is 34.3 Å². The van der Waals surface area contributed by atoms with E-state index in [-0.39, 0.29) is 13.0 Å². The van der Waals surface area contributed by atoms with E-state index in [4.69, 9.17) is 9.52 Å². The van der Waals surface area contributed by atoms with Crippen LogP contribution in [0.2, 0.25) is 0 Å². The van der Waals surface area contributed by atoms with Gasteiger partial charge in [-0.25, -0.2) is 4.79 Å². The van der Waals surface area contributed by atoms with Crippen LogP contribution in [0, 0.1) is 0 Å². The van der Waals surface area contributed by atoms with Gasteiger partial charge in [0.1, 0.15) is 6.10 Å². The number of oxazole rings is 1. The van der Waals surface area contributed by atoms with E-state index in [1.807, 2.05) is 0 Å². The number of rotatable bonds is 4. The van der Waals surface area contributed by atoms with Gasteiger partial charge in [0.25, 0.3) is 0 Å². The number of aromatic amines is 1. The monoisotopic (exact) mass is 239 g/mol. The zero-order valence-electron chi connectivity index (χ0n) is 8.96. The number of hydrogen-bond acceptors (Lipinski definition) is 5. The molecule has 6 nitrogen and oxygen atoms in total. The standard InChI is InChI=1S/C11H13NO5/c13-4-3-8(14)10(15)6-1-2-7-9(5-6)17-11(16)12-7/h1-2,5,8,10,13-15H,3-4H2,(H,12,16). The fourth-order valence-corrected chi connectivity index (χ4v) is 1.66. The number of aliphatic hydroxyl groups excluding tert-OH is 3. The molecule has 17 heavy (non-hydrogen) atoms. The van der Waals surface area contributed by atoms with Crippen molar-refractivity contribution >= 4 is 11.1 Å². The van der Waals surface area contributed by atoms with Crippen LogP contribution in [0.15, 0.2) is 27.4 Å². The smallest absolute Gasteiger partial charge is 0.408 e. The molecule has 2 rings (SSSR count). The molecule has 6 heteroatoms. The largest absolute Gasteiger partial charge is 0.417 e. The Bertz CT molecular complexity index is 558. The first-order chi connectivity index (χ1) is 8.11. The van der Waals surface area contributed by atoms with E-state index in [1.165, 1.54) is 6.07 Å². The van der Waals surface area contributed by atoms with Gasteiger partial charge in [-0.05, 0) is 24.1 Å². The Morgan fingerprint density at radius 2 is 2.12 bits per heavy atom. The summed E-state index contributed by atoms with van der Waals surface area (Å²) in [6, 6.07) is 4.65. The fourth-order valence-electron chi connectivity index (χ4n) is 1.66. The Morgan fingerprint density at radius 1 is 1.35 bits per heavy atom. The molecule has 0 saturated heterocycles. The molecule has 2 aromatic rings. The minimum atomic E-state index is -1.12. The quantitative estimate of drug-likeness (QED) is 0.596. The van der Waals surface area contributed by atoms with Crippen molar-refractivity contribution < 1.29 is 19.7 Å². The molecule has 0 bridgehead atoms. The molecule has 1 aromatic carbocycles. The lowest BCUT2D eigenvalue weighted by molar-refractivity contribution is 0.00425. The number of H-pyrrole nitrogens is 1. The van der Waals surface area contributed by atoms with Gasteiger partial charge in [0.05, 0.1) is 11.6 Å². The number of nitrogens with one attached hydrogen (secondary N) is 1. The molecule has 0 aliphatic rings. The summed E-state index contributed by atoms with van der Waals surface area (Å²) < 4.78 is 4.85. The molecule has 0 amide bonds. The van der Waals surface area contributed by atoms with Crippen LogP contribution in [0.3, 0.4) is 0 Å². The Labute approximate surface area is 96.1 Å². The molecular formula is C11H13NO5. The summed E-state index contributed by atoms with van der Waals surface area (Å²) in [6.07, 6.45) is -2.09. The Morgan fingerprint density at radius 3 is 2.82 bits per heavy atom. The SMILES string of the molecule is O=c1[nH]c2ccc(C(O)C(O)CCO)cc2o1. The van der Waals surface area contributed by atoms with Gasteiger partial charge in [-0.3, -0.25) is 4.98 Å². The molecule has 2 atom stereocenters. The molecular weight excluding hydrogens is 226 g/mol. The fraction of sp³-hybridized carbons (Fsp3) is 0.364. The predicted octanol–water partition coefficient (Wildman–Crippen LogP) is -0.102. The molecule has 1 aromatic heterocycles. The van der Waals surface area contributed by atoms with Crippen molar-refractivity contribution in [2.75, 3.05) is 6.61 Å². The first-order valence-corrected chi connectivity index (χ1v) is 5.21. The van der Waals surface area contributed by atoms with Gasteiger partial charge in [0.2, 0.25) is 0 Å². The van der Waals surface area contributed by atoms with Gasteiger partial charge in [-0.15, -0.1) is 0 Å². The van der Waals surface area contributed by atoms with Crippen LogP contribution in [0.5, 0.6) is 0 Å². The third-order valence-corrected chi connectivity index (χ3v) is 2.58. The van der Waals surface area contributed by atoms with E-state index in [2.05, 4.69) is 4.98 Å². The molecule has 1 heterocycles. The van der Waals surface area contributed by atoms with Crippen molar-refractivity contribution in [2.24, 2.45) is 0 Å². The lowest BCUT2D eigenvalue weighted by Crippen LogP contribution is -2.19. The molecule has 0 radical (unpaired) electrons. The zero-order chi connectivity index (χ0) is 12.4. The average Bonchev–Trinajstić information content (AvgIpc) is 2.67. The normalized spacial score (nSPS) is 15.0. The Kier molecular flexibility index (Phi) is 3.28. The summed E-state index contributed by atoms with van der Waals surface area (Å²) in [4.78, 5) is 13.4.